The standard InChI is InChI=1S/C29H31Cl3N2O6/c1-2-39-27(28(35)36)17-20-7-9-24(10-8-20)40-14-12-34(29(37)33-26-6-4-3-5-25(26)32)11-13-38-19-21-15-22(30)18-23(31)16-21/h3-10,15-16,18,27H,2,11-14,17,19H2,1H3,(H,33,37)(H,35,36). The third kappa shape index (κ3) is 10.5. The van der Waals surface area contributed by atoms with Gasteiger partial charge in [-0.1, -0.05) is 59.1 Å². The largest absolute Gasteiger partial charge is 0.492 e. The zero-order chi connectivity index (χ0) is 28.9. The Hall–Kier alpha value is -3.01. The number of para-hydroxylation sites is 1. The van der Waals surface area contributed by atoms with Crippen molar-refractivity contribution in [3.8, 4) is 5.75 Å². The number of ether oxygens (including phenoxy) is 3. The molecule has 2 N–H and O–H groups in total. The lowest BCUT2D eigenvalue weighted by atomic mass is 10.1. The second-order valence-corrected chi connectivity index (χ2v) is 9.99. The van der Waals surface area contributed by atoms with Crippen molar-refractivity contribution in [3.05, 3.63) is 92.9 Å². The SMILES string of the molecule is CCOC(Cc1ccc(OCCN(CCOCc2cc(Cl)cc(Cl)c2)C(=O)Nc2ccccc2Cl)cc1)C(=O)O. The van der Waals surface area contributed by atoms with Crippen molar-refractivity contribution >= 4 is 52.5 Å². The van der Waals surface area contributed by atoms with E-state index in [4.69, 9.17) is 49.0 Å². The molecule has 1 unspecified atom stereocenters. The van der Waals surface area contributed by atoms with Gasteiger partial charge in [-0.3, -0.25) is 0 Å². The van der Waals surface area contributed by atoms with E-state index in [0.29, 0.717) is 39.7 Å². The molecular formula is C29H31Cl3N2O6. The van der Waals surface area contributed by atoms with Crippen LogP contribution < -0.4 is 10.1 Å². The Kier molecular flexibility index (Phi) is 12.8. The summed E-state index contributed by atoms with van der Waals surface area (Å²) in [6.45, 7) is 3.41. The Labute approximate surface area is 248 Å². The number of nitrogens with one attached hydrogen (secondary N) is 1. The topological polar surface area (TPSA) is 97.3 Å². The molecule has 0 radical (unpaired) electrons. The van der Waals surface area contributed by atoms with Gasteiger partial charge in [-0.25, -0.2) is 9.59 Å². The number of hydrogen-bond donors (Lipinski definition) is 2. The molecule has 0 heterocycles. The molecule has 0 saturated carbocycles. The Morgan fingerprint density at radius 1 is 0.925 bits per heavy atom. The van der Waals surface area contributed by atoms with Gasteiger partial charge >= 0.3 is 12.0 Å². The number of rotatable bonds is 15. The van der Waals surface area contributed by atoms with Crippen LogP contribution in [-0.4, -0.2) is 61.0 Å². The lowest BCUT2D eigenvalue weighted by Gasteiger charge is -2.23. The van der Waals surface area contributed by atoms with Crippen LogP contribution in [0.1, 0.15) is 18.1 Å². The molecule has 0 fully saturated rings. The Balaban J connectivity index is 1.56. The van der Waals surface area contributed by atoms with Crippen LogP contribution in [0.4, 0.5) is 10.5 Å². The molecule has 11 heteroatoms. The van der Waals surface area contributed by atoms with Crippen molar-refractivity contribution in [1.82, 2.24) is 4.90 Å². The van der Waals surface area contributed by atoms with E-state index in [1.165, 1.54) is 0 Å². The Bertz CT molecular complexity index is 1240. The molecule has 0 spiro atoms. The summed E-state index contributed by atoms with van der Waals surface area (Å²) < 4.78 is 16.9. The minimum Gasteiger partial charge on any atom is -0.492 e. The first-order valence-electron chi connectivity index (χ1n) is 12.6. The summed E-state index contributed by atoms with van der Waals surface area (Å²) in [4.78, 5) is 26.0. The van der Waals surface area contributed by atoms with Crippen LogP contribution in [0, 0.1) is 0 Å². The third-order valence-corrected chi connectivity index (χ3v) is 6.48. The fraction of sp³-hybridized carbons (Fsp3) is 0.310. The molecule has 8 nitrogen and oxygen atoms in total. The lowest BCUT2D eigenvalue weighted by molar-refractivity contribution is -0.149. The molecule has 0 saturated heterocycles. The fourth-order valence-electron chi connectivity index (χ4n) is 3.76. The summed E-state index contributed by atoms with van der Waals surface area (Å²) in [7, 11) is 0. The van der Waals surface area contributed by atoms with Gasteiger partial charge in [0.1, 0.15) is 12.4 Å². The van der Waals surface area contributed by atoms with Crippen molar-refractivity contribution in [2.24, 2.45) is 0 Å². The van der Waals surface area contributed by atoms with Crippen molar-refractivity contribution < 1.29 is 28.9 Å². The van der Waals surface area contributed by atoms with Gasteiger partial charge in [-0.15, -0.1) is 0 Å². The first-order chi connectivity index (χ1) is 19.2. The van der Waals surface area contributed by atoms with E-state index in [1.807, 2.05) is 0 Å². The number of halogens is 3. The van der Waals surface area contributed by atoms with Crippen LogP contribution in [0.15, 0.2) is 66.7 Å². The van der Waals surface area contributed by atoms with Crippen LogP contribution in [0.3, 0.4) is 0 Å². The van der Waals surface area contributed by atoms with Gasteiger partial charge in [-0.2, -0.15) is 0 Å². The summed E-state index contributed by atoms with van der Waals surface area (Å²) >= 11 is 18.3. The van der Waals surface area contributed by atoms with Gasteiger partial charge in [0.2, 0.25) is 0 Å². The van der Waals surface area contributed by atoms with E-state index in [9.17, 15) is 14.7 Å². The number of nitrogens with zero attached hydrogens (tertiary/aromatic N) is 1. The molecule has 2 amide bonds. The summed E-state index contributed by atoms with van der Waals surface area (Å²) in [6, 6.07) is 18.9. The monoisotopic (exact) mass is 608 g/mol. The average molecular weight is 610 g/mol. The Morgan fingerprint density at radius 2 is 1.60 bits per heavy atom. The normalized spacial score (nSPS) is 11.6. The average Bonchev–Trinajstić information content (AvgIpc) is 2.91. The maximum Gasteiger partial charge on any atom is 0.333 e. The van der Waals surface area contributed by atoms with Gasteiger partial charge in [0.15, 0.2) is 6.10 Å². The van der Waals surface area contributed by atoms with E-state index in [-0.39, 0.29) is 38.8 Å². The molecule has 0 aliphatic carbocycles. The molecule has 0 bridgehead atoms. The number of benzene rings is 3. The highest BCUT2D eigenvalue weighted by atomic mass is 35.5. The smallest absolute Gasteiger partial charge is 0.333 e. The number of carbonyl (C=O) groups excluding carboxylic acids is 1. The second kappa shape index (κ2) is 16.3. The van der Waals surface area contributed by atoms with Crippen molar-refractivity contribution in [2.45, 2.75) is 26.1 Å². The van der Waals surface area contributed by atoms with Crippen LogP contribution in [-0.2, 0) is 27.3 Å². The number of hydrogen-bond acceptors (Lipinski definition) is 5. The minimum atomic E-state index is -1.00. The number of carboxylic acids is 1. The lowest BCUT2D eigenvalue weighted by Crippen LogP contribution is -2.40. The van der Waals surface area contributed by atoms with Gasteiger partial charge in [-0.05, 0) is 60.5 Å². The number of amides is 2. The number of aliphatic carboxylic acids is 1. The van der Waals surface area contributed by atoms with E-state index in [0.717, 1.165) is 11.1 Å². The van der Waals surface area contributed by atoms with E-state index >= 15 is 0 Å². The summed E-state index contributed by atoms with van der Waals surface area (Å²) in [5.74, 6) is -0.412. The quantitative estimate of drug-likeness (QED) is 0.184. The molecule has 3 aromatic rings. The predicted octanol–water partition coefficient (Wildman–Crippen LogP) is 6.81. The highest BCUT2D eigenvalue weighted by Crippen LogP contribution is 2.22. The van der Waals surface area contributed by atoms with Gasteiger partial charge in [0, 0.05) is 29.6 Å². The van der Waals surface area contributed by atoms with Crippen LogP contribution >= 0.6 is 34.8 Å². The first-order valence-corrected chi connectivity index (χ1v) is 13.8. The third-order valence-electron chi connectivity index (χ3n) is 5.72. The molecule has 40 heavy (non-hydrogen) atoms. The number of carboxylic acid groups (broad SMARTS) is 1. The minimum absolute atomic E-state index is 0.218. The molecule has 0 aliphatic rings. The highest BCUT2D eigenvalue weighted by molar-refractivity contribution is 6.34. The zero-order valence-electron chi connectivity index (χ0n) is 21.9. The number of urea groups is 1. The van der Waals surface area contributed by atoms with Crippen molar-refractivity contribution in [3.63, 3.8) is 0 Å². The van der Waals surface area contributed by atoms with Crippen LogP contribution in [0.2, 0.25) is 15.1 Å². The van der Waals surface area contributed by atoms with Crippen LogP contribution in [0.25, 0.3) is 0 Å². The van der Waals surface area contributed by atoms with Crippen molar-refractivity contribution in [1.29, 1.82) is 0 Å². The molecular weight excluding hydrogens is 579 g/mol. The van der Waals surface area contributed by atoms with Gasteiger partial charge in [0.25, 0.3) is 0 Å². The molecule has 0 aromatic heterocycles. The molecule has 3 aromatic carbocycles. The fourth-order valence-corrected chi connectivity index (χ4v) is 4.51. The van der Waals surface area contributed by atoms with E-state index in [1.54, 1.807) is 78.6 Å². The highest BCUT2D eigenvalue weighted by Gasteiger charge is 2.18. The second-order valence-electron chi connectivity index (χ2n) is 8.71. The number of carbonyl (C=O) groups is 2. The molecule has 1 atom stereocenters. The summed E-state index contributed by atoms with van der Waals surface area (Å²) in [6.07, 6.45) is -0.652. The molecule has 214 valence electrons. The van der Waals surface area contributed by atoms with E-state index < -0.39 is 12.1 Å². The molecule has 3 rings (SSSR count). The van der Waals surface area contributed by atoms with Crippen LogP contribution in [0.5, 0.6) is 5.75 Å². The van der Waals surface area contributed by atoms with Gasteiger partial charge < -0.3 is 29.5 Å². The van der Waals surface area contributed by atoms with Gasteiger partial charge in [0.05, 0.1) is 30.5 Å². The predicted molar refractivity (Wildman–Crippen MR) is 157 cm³/mol. The first kappa shape index (κ1) is 31.5. The number of anilines is 1. The Morgan fingerprint density at radius 3 is 2.25 bits per heavy atom. The maximum absolute atomic E-state index is 13.1. The van der Waals surface area contributed by atoms with E-state index in [2.05, 4.69) is 5.32 Å². The summed E-state index contributed by atoms with van der Waals surface area (Å²) in [5, 5.41) is 13.6. The maximum atomic E-state index is 13.1. The van der Waals surface area contributed by atoms with Crippen molar-refractivity contribution in [2.75, 3.05) is 38.2 Å². The zero-order valence-corrected chi connectivity index (χ0v) is 24.2. The molecule has 0 aliphatic heterocycles. The summed E-state index contributed by atoms with van der Waals surface area (Å²) in [5.41, 5.74) is 2.14.